The molecule has 2 aliphatic rings. The monoisotopic (exact) mass is 184 g/mol. The van der Waals surface area contributed by atoms with Gasteiger partial charge in [-0.05, 0) is 10.8 Å². The summed E-state index contributed by atoms with van der Waals surface area (Å²) in [4.78, 5) is 23.0. The number of hydrogen-bond donors (Lipinski definition) is 0. The van der Waals surface area contributed by atoms with Gasteiger partial charge < -0.3 is 0 Å². The molecule has 0 aromatic heterocycles. The summed E-state index contributed by atoms with van der Waals surface area (Å²) in [5.41, 5.74) is -0.576. The lowest BCUT2D eigenvalue weighted by molar-refractivity contribution is 0.974. The molecule has 0 saturated carbocycles. The third kappa shape index (κ3) is 0.608. The molecular weight excluding hydrogens is 178 g/mol. The Morgan fingerprint density at radius 1 is 0.929 bits per heavy atom. The molecule has 3 nitrogen and oxygen atoms in total. The molecule has 1 aliphatic heterocycles. The summed E-state index contributed by atoms with van der Waals surface area (Å²) >= 11 is 0. The predicted molar refractivity (Wildman–Crippen MR) is 52.9 cm³/mol. The highest BCUT2D eigenvalue weighted by molar-refractivity contribution is 5.89. The fourth-order valence-electron chi connectivity index (χ4n) is 1.93. The van der Waals surface area contributed by atoms with E-state index in [4.69, 9.17) is 0 Å². The Bertz CT molecular complexity index is 708. The molecule has 0 fully saturated rings. The van der Waals surface area contributed by atoms with Crippen molar-refractivity contribution in [2.75, 3.05) is 0 Å². The highest BCUT2D eigenvalue weighted by atomic mass is 16.2. The highest BCUT2D eigenvalue weighted by Crippen LogP contribution is 2.19. The average Bonchev–Trinajstić information content (AvgIpc) is 2.35. The summed E-state index contributed by atoms with van der Waals surface area (Å²) in [5.74, 6) is 0. The van der Waals surface area contributed by atoms with Crippen molar-refractivity contribution < 1.29 is 0 Å². The zero-order chi connectivity index (χ0) is 9.87. The summed E-state index contributed by atoms with van der Waals surface area (Å²) in [6.45, 7) is 0. The maximum Gasteiger partial charge on any atom is 0.262 e. The maximum absolute atomic E-state index is 11.5. The van der Waals surface area contributed by atoms with Crippen molar-refractivity contribution >= 4 is 10.8 Å². The number of rotatable bonds is 0. The molecule has 3 rings (SSSR count). The Morgan fingerprint density at radius 3 is 1.79 bits per heavy atom. The van der Waals surface area contributed by atoms with Crippen molar-refractivity contribution in [3.63, 3.8) is 0 Å². The van der Waals surface area contributed by atoms with Crippen LogP contribution in [-0.2, 0) is 0 Å². The molecule has 1 radical (unpaired) electrons. The van der Waals surface area contributed by atoms with E-state index in [9.17, 15) is 9.59 Å². The normalized spacial score (nSPS) is 11.8. The lowest BCUT2D eigenvalue weighted by atomic mass is 10.0. The first-order valence-corrected chi connectivity index (χ1v) is 4.25. The van der Waals surface area contributed by atoms with Gasteiger partial charge in [-0.2, -0.15) is 0 Å². The number of aromatic nitrogens is 1. The maximum atomic E-state index is 11.5. The lowest BCUT2D eigenvalue weighted by Gasteiger charge is -1.99. The molecule has 1 heterocycles. The Morgan fingerprint density at radius 2 is 1.36 bits per heavy atom. The molecule has 14 heavy (non-hydrogen) atoms. The quantitative estimate of drug-likeness (QED) is 0.513. The van der Waals surface area contributed by atoms with Gasteiger partial charge in [0.25, 0.3) is 11.1 Å². The van der Waals surface area contributed by atoms with Crippen molar-refractivity contribution in [3.8, 4) is 0 Å². The second-order valence-corrected chi connectivity index (χ2v) is 3.33. The summed E-state index contributed by atoms with van der Waals surface area (Å²) < 4.78 is 0.921. The van der Waals surface area contributed by atoms with Gasteiger partial charge >= 0.3 is 0 Å². The van der Waals surface area contributed by atoms with Crippen LogP contribution in [-0.4, -0.2) is 4.57 Å². The molecule has 3 heteroatoms. The Kier molecular flexibility index (Phi) is 1.14. The molecule has 0 unspecified atom stereocenters. The van der Waals surface area contributed by atoms with Crippen LogP contribution in [0.25, 0.3) is 10.8 Å². The first kappa shape index (κ1) is 7.50. The van der Waals surface area contributed by atoms with Gasteiger partial charge in [0.1, 0.15) is 0 Å². The van der Waals surface area contributed by atoms with Crippen LogP contribution in [0, 0.1) is 17.5 Å². The number of hydrogen-bond acceptors (Lipinski definition) is 2. The van der Waals surface area contributed by atoms with Gasteiger partial charge in [-0.1, -0.05) is 24.3 Å². The fraction of sp³-hybridized carbons (Fsp3) is 0. The second-order valence-electron chi connectivity index (χ2n) is 3.33. The minimum Gasteiger partial charge on any atom is -0.272 e. The third-order valence-electron chi connectivity index (χ3n) is 2.63. The van der Waals surface area contributed by atoms with Crippen LogP contribution in [0.15, 0.2) is 33.9 Å². The first-order chi connectivity index (χ1) is 6.72. The molecule has 0 spiro atoms. The van der Waals surface area contributed by atoms with E-state index >= 15 is 0 Å². The Balaban J connectivity index is 2.83. The van der Waals surface area contributed by atoms with E-state index in [0.29, 0.717) is 10.4 Å². The summed E-state index contributed by atoms with van der Waals surface area (Å²) in [6.07, 6.45) is 0. The SMILES string of the molecule is [CH2]n1c(=O)c2c3ccccc3c=2c1=O. The second kappa shape index (κ2) is 2.12. The molecule has 1 aromatic rings. The van der Waals surface area contributed by atoms with Crippen molar-refractivity contribution in [2.24, 2.45) is 0 Å². The van der Waals surface area contributed by atoms with Gasteiger partial charge in [-0.15, -0.1) is 0 Å². The van der Waals surface area contributed by atoms with Crippen LogP contribution < -0.4 is 11.1 Å². The topological polar surface area (TPSA) is 39.1 Å². The molecule has 67 valence electrons. The third-order valence-corrected chi connectivity index (χ3v) is 2.63. The van der Waals surface area contributed by atoms with Crippen molar-refractivity contribution in [1.29, 1.82) is 0 Å². The standard InChI is InChI=1S/C11H6NO2/c1-12-10(13)8-6-4-2-3-5-7(6)9(8)11(12)14/h2-5H,1H2. The van der Waals surface area contributed by atoms with Crippen molar-refractivity contribution in [1.82, 2.24) is 4.57 Å². The minimum absolute atomic E-state index is 0.288. The van der Waals surface area contributed by atoms with Gasteiger partial charge in [-0.3, -0.25) is 14.2 Å². The molecular formula is C11H6NO2. The fourth-order valence-corrected chi connectivity index (χ4v) is 1.93. The lowest BCUT2D eigenvalue weighted by Crippen LogP contribution is -2.20. The number of benzene rings is 1. The van der Waals surface area contributed by atoms with Gasteiger partial charge in [0.2, 0.25) is 0 Å². The van der Waals surface area contributed by atoms with Crippen LogP contribution in [0.1, 0.15) is 0 Å². The number of nitrogens with zero attached hydrogens (tertiary/aromatic N) is 1. The Labute approximate surface area is 78.5 Å². The summed E-state index contributed by atoms with van der Waals surface area (Å²) in [7, 11) is 3.42. The van der Waals surface area contributed by atoms with E-state index in [1.807, 2.05) is 24.3 Å². The van der Waals surface area contributed by atoms with E-state index in [1.165, 1.54) is 0 Å². The predicted octanol–water partition coefficient (Wildman–Crippen LogP) is 0.602. The first-order valence-electron chi connectivity index (χ1n) is 4.25. The molecule has 0 N–H and O–H groups in total. The highest BCUT2D eigenvalue weighted by Gasteiger charge is 2.15. The van der Waals surface area contributed by atoms with Gasteiger partial charge in [0.15, 0.2) is 0 Å². The van der Waals surface area contributed by atoms with Gasteiger partial charge in [0, 0.05) is 7.05 Å². The van der Waals surface area contributed by atoms with Crippen LogP contribution in [0.2, 0.25) is 0 Å². The molecule has 0 amide bonds. The Hall–Kier alpha value is -1.90. The summed E-state index contributed by atoms with van der Waals surface area (Å²) in [5, 5.41) is 2.79. The summed E-state index contributed by atoms with van der Waals surface area (Å²) in [6, 6.07) is 7.40. The van der Waals surface area contributed by atoms with Gasteiger partial charge in [-0.25, -0.2) is 0 Å². The largest absolute Gasteiger partial charge is 0.272 e. The van der Waals surface area contributed by atoms with Crippen LogP contribution in [0.3, 0.4) is 0 Å². The van der Waals surface area contributed by atoms with Crippen molar-refractivity contribution in [3.05, 3.63) is 62.5 Å². The molecule has 1 aliphatic carbocycles. The van der Waals surface area contributed by atoms with E-state index in [-0.39, 0.29) is 11.1 Å². The van der Waals surface area contributed by atoms with Crippen LogP contribution in [0.4, 0.5) is 0 Å². The molecule has 0 bridgehead atoms. The van der Waals surface area contributed by atoms with Crippen molar-refractivity contribution in [2.45, 2.75) is 0 Å². The van der Waals surface area contributed by atoms with Crippen LogP contribution in [0.5, 0.6) is 0 Å². The molecule has 0 saturated heterocycles. The van der Waals surface area contributed by atoms with E-state index < -0.39 is 0 Å². The van der Waals surface area contributed by atoms with Crippen LogP contribution >= 0.6 is 0 Å². The average molecular weight is 184 g/mol. The number of fused-ring (bicyclic) bond motifs is 3. The zero-order valence-corrected chi connectivity index (χ0v) is 7.28. The molecule has 0 atom stereocenters. The van der Waals surface area contributed by atoms with Gasteiger partial charge in [0.05, 0.1) is 10.4 Å². The minimum atomic E-state index is -0.288. The zero-order valence-electron chi connectivity index (χ0n) is 7.28. The molecule has 1 aromatic carbocycles. The smallest absolute Gasteiger partial charge is 0.262 e. The van der Waals surface area contributed by atoms with E-state index in [0.717, 1.165) is 15.3 Å². The van der Waals surface area contributed by atoms with E-state index in [1.54, 1.807) is 0 Å². The van der Waals surface area contributed by atoms with E-state index in [2.05, 4.69) is 7.05 Å².